The van der Waals surface area contributed by atoms with Gasteiger partial charge < -0.3 is 10.2 Å². The van der Waals surface area contributed by atoms with E-state index in [9.17, 15) is 19.8 Å². The minimum absolute atomic E-state index is 0.0964. The Labute approximate surface area is 171 Å². The molecule has 0 unspecified atom stereocenters. The largest absolute Gasteiger partial charge is 0.507 e. The first-order valence-corrected chi connectivity index (χ1v) is 9.78. The molecule has 0 atom stereocenters. The monoisotopic (exact) mass is 392 g/mol. The molecule has 0 heterocycles. The van der Waals surface area contributed by atoms with E-state index in [1.807, 2.05) is 41.5 Å². The second-order valence-electron chi connectivity index (χ2n) is 9.64. The van der Waals surface area contributed by atoms with E-state index >= 15 is 0 Å². The van der Waals surface area contributed by atoms with E-state index in [-0.39, 0.29) is 39.3 Å². The van der Waals surface area contributed by atoms with Gasteiger partial charge in [0.2, 0.25) is 0 Å². The van der Waals surface area contributed by atoms with Gasteiger partial charge in [0.25, 0.3) is 0 Å². The number of carbonyl (C=O) groups is 2. The van der Waals surface area contributed by atoms with Crippen molar-refractivity contribution in [1.82, 2.24) is 0 Å². The fourth-order valence-corrected chi connectivity index (χ4v) is 3.81. The fourth-order valence-electron chi connectivity index (χ4n) is 3.81. The third kappa shape index (κ3) is 3.53. The lowest BCUT2D eigenvalue weighted by molar-refractivity contribution is 0.0980. The maximum Gasteiger partial charge on any atom is 0.194 e. The van der Waals surface area contributed by atoms with Gasteiger partial charge in [-0.3, -0.25) is 9.59 Å². The lowest BCUT2D eigenvalue weighted by atomic mass is 9.75. The zero-order valence-corrected chi connectivity index (χ0v) is 17.9. The highest BCUT2D eigenvalue weighted by atomic mass is 16.3. The number of phenols is 1. The summed E-state index contributed by atoms with van der Waals surface area (Å²) in [5, 5.41) is 20.9. The number of aromatic hydroxyl groups is 1. The van der Waals surface area contributed by atoms with Crippen molar-refractivity contribution in [2.45, 2.75) is 52.4 Å². The number of phenolic OH excluding ortho intramolecular Hbond substituents is 1. The number of Topliss-reactive ketones (excluding diaryl/α,β-unsaturated/α-hetero) is 2. The average molecular weight is 392 g/mol. The number of aliphatic hydroxyl groups is 1. The van der Waals surface area contributed by atoms with Crippen molar-refractivity contribution in [1.29, 1.82) is 0 Å². The maximum atomic E-state index is 13.4. The van der Waals surface area contributed by atoms with E-state index < -0.39 is 6.61 Å². The first-order valence-electron chi connectivity index (χ1n) is 9.78. The van der Waals surface area contributed by atoms with Crippen LogP contribution in [0.1, 0.15) is 78.9 Å². The summed E-state index contributed by atoms with van der Waals surface area (Å²) < 4.78 is 0. The molecule has 0 aliphatic heterocycles. The first-order chi connectivity index (χ1) is 13.4. The van der Waals surface area contributed by atoms with Crippen LogP contribution in [-0.2, 0) is 10.8 Å². The maximum absolute atomic E-state index is 13.4. The molecule has 0 amide bonds. The summed E-state index contributed by atoms with van der Waals surface area (Å²) in [5.41, 5.74) is 2.16. The Kier molecular flexibility index (Phi) is 5.04. The van der Waals surface area contributed by atoms with Gasteiger partial charge in [0.05, 0.1) is 6.61 Å². The van der Waals surface area contributed by atoms with Gasteiger partial charge in [-0.25, -0.2) is 0 Å². The molecule has 152 valence electrons. The molecular weight excluding hydrogens is 364 g/mol. The molecule has 4 heteroatoms. The Hall–Kier alpha value is -2.72. The molecule has 3 rings (SSSR count). The average Bonchev–Trinajstić information content (AvgIpc) is 2.63. The quantitative estimate of drug-likeness (QED) is 0.769. The van der Waals surface area contributed by atoms with E-state index in [1.54, 1.807) is 36.4 Å². The van der Waals surface area contributed by atoms with Crippen molar-refractivity contribution in [2.75, 3.05) is 6.61 Å². The van der Waals surface area contributed by atoms with Gasteiger partial charge in [0.15, 0.2) is 11.6 Å². The number of hydrogen-bond donors (Lipinski definition) is 2. The highest BCUT2D eigenvalue weighted by Crippen LogP contribution is 2.43. The predicted molar refractivity (Wildman–Crippen MR) is 115 cm³/mol. The van der Waals surface area contributed by atoms with E-state index in [0.29, 0.717) is 27.8 Å². The van der Waals surface area contributed by atoms with Crippen LogP contribution < -0.4 is 0 Å². The molecule has 4 nitrogen and oxygen atoms in total. The van der Waals surface area contributed by atoms with Crippen LogP contribution >= 0.6 is 0 Å². The lowest BCUT2D eigenvalue weighted by Crippen LogP contribution is -2.24. The van der Waals surface area contributed by atoms with E-state index in [2.05, 4.69) is 0 Å². The molecule has 0 spiro atoms. The second-order valence-corrected chi connectivity index (χ2v) is 9.64. The van der Waals surface area contributed by atoms with Crippen LogP contribution in [0.25, 0.3) is 5.57 Å². The molecule has 0 bridgehead atoms. The number of rotatable bonds is 2. The lowest BCUT2D eigenvalue weighted by Gasteiger charge is -2.29. The number of aliphatic hydroxyl groups excluding tert-OH is 1. The Balaban J connectivity index is 2.38. The molecule has 2 aromatic carbocycles. The molecule has 0 fully saturated rings. The van der Waals surface area contributed by atoms with Crippen LogP contribution in [0.5, 0.6) is 5.75 Å². The predicted octanol–water partition coefficient (Wildman–Crippen LogP) is 4.81. The van der Waals surface area contributed by atoms with Gasteiger partial charge in [-0.1, -0.05) is 65.8 Å². The van der Waals surface area contributed by atoms with E-state index in [1.165, 1.54) is 0 Å². The number of hydrogen-bond acceptors (Lipinski definition) is 4. The van der Waals surface area contributed by atoms with Crippen LogP contribution in [0.4, 0.5) is 0 Å². The summed E-state index contributed by atoms with van der Waals surface area (Å²) in [5.74, 6) is -0.412. The molecular formula is C25H28O4. The normalized spacial score (nSPS) is 15.0. The molecule has 0 aromatic heterocycles. The molecule has 0 radical (unpaired) electrons. The fraction of sp³-hybridized carbons (Fsp3) is 0.360. The zero-order valence-electron chi connectivity index (χ0n) is 17.9. The number of carbonyl (C=O) groups excluding carboxylic acids is 2. The Morgan fingerprint density at radius 3 is 1.66 bits per heavy atom. The second kappa shape index (κ2) is 6.96. The van der Waals surface area contributed by atoms with Gasteiger partial charge in [0.1, 0.15) is 5.75 Å². The Bertz CT molecular complexity index is 1010. The van der Waals surface area contributed by atoms with E-state index in [0.717, 1.165) is 0 Å². The van der Waals surface area contributed by atoms with Gasteiger partial charge >= 0.3 is 0 Å². The van der Waals surface area contributed by atoms with Crippen LogP contribution in [0.15, 0.2) is 42.0 Å². The van der Waals surface area contributed by atoms with Crippen molar-refractivity contribution in [2.24, 2.45) is 0 Å². The minimum Gasteiger partial charge on any atom is -0.507 e. The highest BCUT2D eigenvalue weighted by Gasteiger charge is 2.34. The molecule has 29 heavy (non-hydrogen) atoms. The van der Waals surface area contributed by atoms with Crippen molar-refractivity contribution in [3.05, 3.63) is 69.8 Å². The summed E-state index contributed by atoms with van der Waals surface area (Å²) in [6.45, 7) is 11.4. The smallest absolute Gasteiger partial charge is 0.194 e. The third-order valence-corrected chi connectivity index (χ3v) is 5.39. The first kappa shape index (κ1) is 21.0. The van der Waals surface area contributed by atoms with Crippen LogP contribution in [0, 0.1) is 0 Å². The summed E-state index contributed by atoms with van der Waals surface area (Å²) in [4.78, 5) is 26.3. The topological polar surface area (TPSA) is 74.6 Å². The standard InChI is InChI=1S/C25H28O4/c1-24(2,3)18-11-14(12-19(23(18)29)25(4,5)6)20-17(13-26)21(27)15-9-7-8-10-16(15)22(20)28/h7-12,26,29H,13H2,1-6H3. The van der Waals surface area contributed by atoms with Crippen molar-refractivity contribution >= 4 is 17.1 Å². The van der Waals surface area contributed by atoms with E-state index in [4.69, 9.17) is 0 Å². The minimum atomic E-state index is -0.523. The Morgan fingerprint density at radius 2 is 1.24 bits per heavy atom. The number of fused-ring (bicyclic) bond motifs is 1. The molecule has 0 saturated carbocycles. The van der Waals surface area contributed by atoms with Crippen LogP contribution in [0.2, 0.25) is 0 Å². The summed E-state index contributed by atoms with van der Waals surface area (Å²) in [7, 11) is 0. The summed E-state index contributed by atoms with van der Waals surface area (Å²) in [6, 6.07) is 10.2. The van der Waals surface area contributed by atoms with Crippen molar-refractivity contribution in [3.8, 4) is 5.75 Å². The summed E-state index contributed by atoms with van der Waals surface area (Å²) in [6.07, 6.45) is 0. The highest BCUT2D eigenvalue weighted by molar-refractivity contribution is 6.40. The molecule has 0 saturated heterocycles. The number of allylic oxidation sites excluding steroid dienone is 1. The van der Waals surface area contributed by atoms with Crippen molar-refractivity contribution in [3.63, 3.8) is 0 Å². The molecule has 1 aliphatic carbocycles. The van der Waals surface area contributed by atoms with Crippen molar-refractivity contribution < 1.29 is 19.8 Å². The zero-order chi connectivity index (χ0) is 21.7. The number of benzene rings is 2. The van der Waals surface area contributed by atoms with Gasteiger partial charge in [0, 0.05) is 33.4 Å². The number of ketones is 2. The van der Waals surface area contributed by atoms with Crippen LogP contribution in [0.3, 0.4) is 0 Å². The molecule has 1 aliphatic rings. The Morgan fingerprint density at radius 1 is 0.793 bits per heavy atom. The van der Waals surface area contributed by atoms with Gasteiger partial charge in [-0.05, 0) is 28.5 Å². The molecule has 2 N–H and O–H groups in total. The SMILES string of the molecule is CC(C)(C)c1cc(C2=C(CO)C(=O)c3ccccc3C2=O)cc(C(C)(C)C)c1O. The molecule has 2 aromatic rings. The van der Waals surface area contributed by atoms with Gasteiger partial charge in [-0.2, -0.15) is 0 Å². The third-order valence-electron chi connectivity index (χ3n) is 5.39. The van der Waals surface area contributed by atoms with Crippen LogP contribution in [-0.4, -0.2) is 28.4 Å². The van der Waals surface area contributed by atoms with Gasteiger partial charge in [-0.15, -0.1) is 0 Å². The summed E-state index contributed by atoms with van der Waals surface area (Å²) >= 11 is 0.